The third-order valence-corrected chi connectivity index (χ3v) is 2.81. The van der Waals surface area contributed by atoms with Crippen LogP contribution in [0.4, 0.5) is 14.5 Å². The van der Waals surface area contributed by atoms with E-state index in [4.69, 9.17) is 9.47 Å². The highest BCUT2D eigenvalue weighted by molar-refractivity contribution is 5.96. The summed E-state index contributed by atoms with van der Waals surface area (Å²) in [6, 6.07) is 5.57. The lowest BCUT2D eigenvalue weighted by Crippen LogP contribution is -2.22. The van der Waals surface area contributed by atoms with Crippen LogP contribution in [0.15, 0.2) is 36.5 Å². The molecule has 1 amide bonds. The Bertz CT molecular complexity index is 753. The number of hydrogen-bond donors (Lipinski definition) is 1. The topological polar surface area (TPSA) is 77.5 Å². The highest BCUT2D eigenvalue weighted by Crippen LogP contribution is 2.17. The number of pyridine rings is 1. The van der Waals surface area contributed by atoms with Gasteiger partial charge in [0, 0.05) is 12.3 Å². The summed E-state index contributed by atoms with van der Waals surface area (Å²) in [5.74, 6) is -3.06. The monoisotopic (exact) mass is 336 g/mol. The highest BCUT2D eigenvalue weighted by atomic mass is 19.1. The summed E-state index contributed by atoms with van der Waals surface area (Å²) in [7, 11) is 0. The quantitative estimate of drug-likeness (QED) is 0.820. The summed E-state index contributed by atoms with van der Waals surface area (Å²) < 4.78 is 36.5. The number of nitrogens with zero attached hydrogens (tertiary/aromatic N) is 1. The first-order valence-electron chi connectivity index (χ1n) is 7.01. The molecule has 0 fully saturated rings. The normalized spacial score (nSPS) is 10.1. The first kappa shape index (κ1) is 17.3. The molecule has 1 aromatic heterocycles. The van der Waals surface area contributed by atoms with Crippen molar-refractivity contribution in [1.82, 2.24) is 4.98 Å². The predicted molar refractivity (Wildman–Crippen MR) is 80.7 cm³/mol. The fraction of sp³-hybridized carbons (Fsp3) is 0.188. The molecule has 1 N–H and O–H groups in total. The molecule has 0 aliphatic heterocycles. The maximum absolute atomic E-state index is 13.4. The lowest BCUT2D eigenvalue weighted by atomic mass is 10.3. The summed E-state index contributed by atoms with van der Waals surface area (Å²) in [5, 5.41) is 2.12. The van der Waals surface area contributed by atoms with Crippen LogP contribution in [-0.4, -0.2) is 30.1 Å². The molecule has 0 aliphatic rings. The zero-order valence-electron chi connectivity index (χ0n) is 12.7. The van der Waals surface area contributed by atoms with Crippen molar-refractivity contribution < 1.29 is 27.8 Å². The molecule has 24 heavy (non-hydrogen) atoms. The number of anilines is 1. The Kier molecular flexibility index (Phi) is 5.78. The average Bonchev–Trinajstić information content (AvgIpc) is 2.57. The van der Waals surface area contributed by atoms with Gasteiger partial charge < -0.3 is 14.8 Å². The Hall–Kier alpha value is -3.03. The molecular weight excluding hydrogens is 322 g/mol. The number of carbonyl (C=O) groups excluding carboxylic acids is 2. The summed E-state index contributed by atoms with van der Waals surface area (Å²) in [5.41, 5.74) is -0.281. The first-order chi connectivity index (χ1) is 11.5. The number of carbonyl (C=O) groups is 2. The minimum atomic E-state index is -0.818. The van der Waals surface area contributed by atoms with Gasteiger partial charge in [0.2, 0.25) is 5.88 Å². The maximum atomic E-state index is 13.4. The highest BCUT2D eigenvalue weighted by Gasteiger charge is 2.17. The smallest absolute Gasteiger partial charge is 0.344 e. The number of halogens is 2. The third-order valence-electron chi connectivity index (χ3n) is 2.81. The van der Waals surface area contributed by atoms with Gasteiger partial charge in [-0.05, 0) is 31.2 Å². The van der Waals surface area contributed by atoms with Gasteiger partial charge in [0.25, 0.3) is 5.91 Å². The van der Waals surface area contributed by atoms with Crippen LogP contribution in [0.5, 0.6) is 5.88 Å². The van der Waals surface area contributed by atoms with Crippen LogP contribution in [0.1, 0.15) is 17.3 Å². The molecule has 0 aliphatic carbocycles. The van der Waals surface area contributed by atoms with E-state index in [9.17, 15) is 18.4 Å². The Morgan fingerprint density at radius 2 is 2.04 bits per heavy atom. The number of amides is 1. The van der Waals surface area contributed by atoms with Gasteiger partial charge in [0.05, 0.1) is 12.3 Å². The van der Waals surface area contributed by atoms with E-state index in [0.717, 1.165) is 18.2 Å². The van der Waals surface area contributed by atoms with Crippen LogP contribution >= 0.6 is 0 Å². The van der Waals surface area contributed by atoms with Crippen LogP contribution < -0.4 is 10.1 Å². The second kappa shape index (κ2) is 8.00. The van der Waals surface area contributed by atoms with Crippen LogP contribution in [0.2, 0.25) is 0 Å². The van der Waals surface area contributed by atoms with Crippen molar-refractivity contribution in [3.8, 4) is 5.88 Å². The van der Waals surface area contributed by atoms with Crippen LogP contribution in [0.25, 0.3) is 0 Å². The van der Waals surface area contributed by atoms with Crippen LogP contribution in [0, 0.1) is 11.6 Å². The molecular formula is C16H14F2N2O4. The summed E-state index contributed by atoms with van der Waals surface area (Å²) in [6.45, 7) is 1.36. The minimum Gasteiger partial charge on any atom is -0.477 e. The second-order valence-corrected chi connectivity index (χ2v) is 4.54. The molecule has 6 nitrogen and oxygen atoms in total. The largest absolute Gasteiger partial charge is 0.477 e. The Morgan fingerprint density at radius 3 is 2.79 bits per heavy atom. The standard InChI is InChI=1S/C16H14F2N2O4/c1-2-23-15-11(4-3-7-19-15)16(22)24-9-14(21)20-13-8-10(17)5-6-12(13)18/h3-8H,2,9H2,1H3,(H,20,21). The van der Waals surface area contributed by atoms with Gasteiger partial charge in [0.1, 0.15) is 17.2 Å². The number of aromatic nitrogens is 1. The molecule has 0 unspecified atom stereocenters. The van der Waals surface area contributed by atoms with Crippen molar-refractivity contribution in [3.63, 3.8) is 0 Å². The summed E-state index contributed by atoms with van der Waals surface area (Å²) in [4.78, 5) is 27.6. The van der Waals surface area contributed by atoms with E-state index in [1.165, 1.54) is 18.3 Å². The van der Waals surface area contributed by atoms with E-state index in [-0.39, 0.29) is 17.1 Å². The zero-order chi connectivity index (χ0) is 17.5. The zero-order valence-corrected chi connectivity index (χ0v) is 12.7. The van der Waals surface area contributed by atoms with Crippen molar-refractivity contribution in [2.24, 2.45) is 0 Å². The molecule has 126 valence electrons. The van der Waals surface area contributed by atoms with Gasteiger partial charge >= 0.3 is 5.97 Å². The fourth-order valence-corrected chi connectivity index (χ4v) is 1.79. The SMILES string of the molecule is CCOc1ncccc1C(=O)OCC(=O)Nc1cc(F)ccc1F. The van der Waals surface area contributed by atoms with Crippen molar-refractivity contribution in [1.29, 1.82) is 0 Å². The molecule has 0 radical (unpaired) electrons. The number of benzene rings is 1. The van der Waals surface area contributed by atoms with Crippen molar-refractivity contribution >= 4 is 17.6 Å². The molecule has 0 bridgehead atoms. The predicted octanol–water partition coefficient (Wildman–Crippen LogP) is 2.55. The Morgan fingerprint density at radius 1 is 1.25 bits per heavy atom. The van der Waals surface area contributed by atoms with Gasteiger partial charge in [-0.2, -0.15) is 0 Å². The Balaban J connectivity index is 1.96. The molecule has 0 saturated carbocycles. The number of hydrogen-bond acceptors (Lipinski definition) is 5. The molecule has 2 rings (SSSR count). The number of nitrogens with one attached hydrogen (secondary N) is 1. The van der Waals surface area contributed by atoms with Gasteiger partial charge in [-0.15, -0.1) is 0 Å². The van der Waals surface area contributed by atoms with Crippen molar-refractivity contribution in [3.05, 3.63) is 53.7 Å². The number of esters is 1. The number of ether oxygens (including phenoxy) is 2. The van der Waals surface area contributed by atoms with E-state index in [0.29, 0.717) is 6.61 Å². The molecule has 2 aromatic rings. The molecule has 0 spiro atoms. The molecule has 0 saturated heterocycles. The molecule has 1 aromatic carbocycles. The lowest BCUT2D eigenvalue weighted by molar-refractivity contribution is -0.119. The third kappa shape index (κ3) is 4.48. The van der Waals surface area contributed by atoms with E-state index in [1.54, 1.807) is 6.92 Å². The summed E-state index contributed by atoms with van der Waals surface area (Å²) >= 11 is 0. The minimum absolute atomic E-state index is 0.0593. The van der Waals surface area contributed by atoms with Gasteiger partial charge in [-0.1, -0.05) is 0 Å². The van der Waals surface area contributed by atoms with E-state index in [1.807, 2.05) is 0 Å². The van der Waals surface area contributed by atoms with E-state index >= 15 is 0 Å². The van der Waals surface area contributed by atoms with E-state index < -0.39 is 30.1 Å². The van der Waals surface area contributed by atoms with Crippen LogP contribution in [0.3, 0.4) is 0 Å². The number of rotatable bonds is 6. The second-order valence-electron chi connectivity index (χ2n) is 4.54. The summed E-state index contributed by atoms with van der Waals surface area (Å²) in [6.07, 6.45) is 1.45. The van der Waals surface area contributed by atoms with Crippen molar-refractivity contribution in [2.75, 3.05) is 18.5 Å². The van der Waals surface area contributed by atoms with E-state index in [2.05, 4.69) is 10.3 Å². The lowest BCUT2D eigenvalue weighted by Gasteiger charge is -2.09. The molecule has 0 atom stereocenters. The van der Waals surface area contributed by atoms with Gasteiger partial charge in [-0.3, -0.25) is 4.79 Å². The maximum Gasteiger partial charge on any atom is 0.344 e. The molecule has 8 heteroatoms. The average molecular weight is 336 g/mol. The van der Waals surface area contributed by atoms with Crippen LogP contribution in [-0.2, 0) is 9.53 Å². The fourth-order valence-electron chi connectivity index (χ4n) is 1.79. The van der Waals surface area contributed by atoms with Gasteiger partial charge in [0.15, 0.2) is 6.61 Å². The van der Waals surface area contributed by atoms with Crippen molar-refractivity contribution in [2.45, 2.75) is 6.92 Å². The molecule has 1 heterocycles. The first-order valence-corrected chi connectivity index (χ1v) is 7.01. The van der Waals surface area contributed by atoms with Gasteiger partial charge in [-0.25, -0.2) is 18.6 Å². The Labute approximate surface area is 136 Å².